The Morgan fingerprint density at radius 3 is 2.30 bits per heavy atom. The van der Waals surface area contributed by atoms with Crippen molar-refractivity contribution in [2.24, 2.45) is 0 Å². The molecule has 0 saturated carbocycles. The van der Waals surface area contributed by atoms with Gasteiger partial charge in [-0.1, -0.05) is 42.5 Å². The zero-order valence-corrected chi connectivity index (χ0v) is 11.2. The Morgan fingerprint density at radius 2 is 1.70 bits per heavy atom. The summed E-state index contributed by atoms with van der Waals surface area (Å²) in [5.41, 5.74) is 1.89. The average molecular weight is 273 g/mol. The molecule has 0 amide bonds. The number of carbonyl (C=O) groups excluding carboxylic acids is 1. The van der Waals surface area contributed by atoms with Crippen LogP contribution in [0.1, 0.15) is 17.2 Å². The smallest absolute Gasteiger partial charge is 0.319 e. The largest absolute Gasteiger partial charge is 0.468 e. The van der Waals surface area contributed by atoms with Gasteiger partial charge in [-0.3, -0.25) is 10.1 Å². The lowest BCUT2D eigenvalue weighted by Gasteiger charge is -2.19. The summed E-state index contributed by atoms with van der Waals surface area (Å²) in [6.45, 7) is 0.0907. The van der Waals surface area contributed by atoms with Crippen molar-refractivity contribution in [1.82, 2.24) is 5.32 Å². The minimum absolute atomic E-state index is 0.0907. The first-order valence-corrected chi connectivity index (χ1v) is 6.31. The summed E-state index contributed by atoms with van der Waals surface area (Å²) in [7, 11) is 1.35. The highest BCUT2D eigenvalue weighted by atomic mass is 19.1. The highest BCUT2D eigenvalue weighted by Crippen LogP contribution is 2.22. The van der Waals surface area contributed by atoms with Crippen LogP contribution in [0.15, 0.2) is 54.6 Å². The summed E-state index contributed by atoms with van der Waals surface area (Å²) in [4.78, 5) is 11.3. The number of rotatable bonds is 5. The van der Waals surface area contributed by atoms with E-state index < -0.39 is 0 Å². The third-order valence-electron chi connectivity index (χ3n) is 3.01. The lowest BCUT2D eigenvalue weighted by atomic mass is 9.99. The molecule has 0 bridgehead atoms. The van der Waals surface area contributed by atoms with Crippen molar-refractivity contribution in [2.45, 2.75) is 6.04 Å². The van der Waals surface area contributed by atoms with Gasteiger partial charge in [0, 0.05) is 0 Å². The molecule has 0 aromatic heterocycles. The van der Waals surface area contributed by atoms with E-state index in [2.05, 4.69) is 10.1 Å². The van der Waals surface area contributed by atoms with Crippen molar-refractivity contribution >= 4 is 5.97 Å². The first-order valence-electron chi connectivity index (χ1n) is 6.31. The van der Waals surface area contributed by atoms with Crippen molar-refractivity contribution in [1.29, 1.82) is 0 Å². The third-order valence-corrected chi connectivity index (χ3v) is 3.01. The minimum atomic E-state index is -0.340. The lowest BCUT2D eigenvalue weighted by Crippen LogP contribution is -2.29. The van der Waals surface area contributed by atoms with Gasteiger partial charge in [0.15, 0.2) is 0 Å². The summed E-state index contributed by atoms with van der Waals surface area (Å²) in [6, 6.07) is 15.7. The fourth-order valence-corrected chi connectivity index (χ4v) is 1.99. The lowest BCUT2D eigenvalue weighted by molar-refractivity contribution is -0.139. The Morgan fingerprint density at radius 1 is 1.10 bits per heavy atom. The summed E-state index contributed by atoms with van der Waals surface area (Å²) in [5, 5.41) is 3.13. The minimum Gasteiger partial charge on any atom is -0.468 e. The predicted octanol–water partition coefficient (Wildman–Crippen LogP) is 2.68. The van der Waals surface area contributed by atoms with Crippen LogP contribution in [0.25, 0.3) is 0 Å². The van der Waals surface area contributed by atoms with E-state index in [1.165, 1.54) is 19.2 Å². The second-order valence-corrected chi connectivity index (χ2v) is 4.35. The van der Waals surface area contributed by atoms with Crippen LogP contribution in [0.5, 0.6) is 0 Å². The number of carbonyl (C=O) groups is 1. The molecule has 1 N–H and O–H groups in total. The number of methoxy groups -OCH3 is 1. The van der Waals surface area contributed by atoms with E-state index in [0.717, 1.165) is 11.1 Å². The van der Waals surface area contributed by atoms with Crippen molar-refractivity contribution in [3.63, 3.8) is 0 Å². The number of esters is 1. The van der Waals surface area contributed by atoms with Gasteiger partial charge >= 0.3 is 5.97 Å². The zero-order valence-electron chi connectivity index (χ0n) is 11.2. The summed E-state index contributed by atoms with van der Waals surface area (Å²) in [5.74, 6) is -0.624. The molecule has 0 spiro atoms. The molecule has 0 aliphatic rings. The van der Waals surface area contributed by atoms with Gasteiger partial charge in [0.2, 0.25) is 0 Å². The Kier molecular flexibility index (Phi) is 4.85. The monoisotopic (exact) mass is 273 g/mol. The molecule has 2 aromatic rings. The van der Waals surface area contributed by atoms with E-state index >= 15 is 0 Å². The van der Waals surface area contributed by atoms with E-state index in [-0.39, 0.29) is 24.4 Å². The Labute approximate surface area is 117 Å². The third kappa shape index (κ3) is 3.65. The van der Waals surface area contributed by atoms with Crippen LogP contribution in [0.3, 0.4) is 0 Å². The van der Waals surface area contributed by atoms with Gasteiger partial charge in [-0.2, -0.15) is 0 Å². The van der Waals surface area contributed by atoms with Crippen molar-refractivity contribution in [3.8, 4) is 0 Å². The van der Waals surface area contributed by atoms with Crippen LogP contribution in [0.4, 0.5) is 4.39 Å². The van der Waals surface area contributed by atoms with E-state index in [1.54, 1.807) is 12.1 Å². The molecule has 104 valence electrons. The van der Waals surface area contributed by atoms with Gasteiger partial charge in [0.25, 0.3) is 0 Å². The average Bonchev–Trinajstić information content (AvgIpc) is 2.50. The number of hydrogen-bond acceptors (Lipinski definition) is 3. The maximum absolute atomic E-state index is 13.0. The molecule has 2 aromatic carbocycles. The summed E-state index contributed by atoms with van der Waals surface area (Å²) in [6.07, 6.45) is 0. The molecule has 2 rings (SSSR count). The Bertz CT molecular complexity index is 554. The molecule has 0 heterocycles. The molecule has 20 heavy (non-hydrogen) atoms. The maximum atomic E-state index is 13.0. The molecular weight excluding hydrogens is 257 g/mol. The van der Waals surface area contributed by atoms with E-state index in [1.807, 2.05) is 30.3 Å². The second-order valence-electron chi connectivity index (χ2n) is 4.35. The van der Waals surface area contributed by atoms with Gasteiger partial charge in [-0.15, -0.1) is 0 Å². The van der Waals surface area contributed by atoms with Crippen LogP contribution < -0.4 is 5.32 Å². The second kappa shape index (κ2) is 6.82. The first kappa shape index (κ1) is 14.2. The molecule has 0 aliphatic heterocycles. The topological polar surface area (TPSA) is 38.3 Å². The van der Waals surface area contributed by atoms with Crippen LogP contribution >= 0.6 is 0 Å². The zero-order chi connectivity index (χ0) is 14.4. The van der Waals surface area contributed by atoms with Crippen LogP contribution in [0, 0.1) is 5.82 Å². The quantitative estimate of drug-likeness (QED) is 0.851. The molecule has 1 unspecified atom stereocenters. The Hall–Kier alpha value is -2.20. The molecule has 3 nitrogen and oxygen atoms in total. The van der Waals surface area contributed by atoms with Crippen molar-refractivity contribution in [3.05, 3.63) is 71.5 Å². The van der Waals surface area contributed by atoms with Gasteiger partial charge in [-0.05, 0) is 23.3 Å². The van der Waals surface area contributed by atoms with Crippen molar-refractivity contribution < 1.29 is 13.9 Å². The van der Waals surface area contributed by atoms with Gasteiger partial charge < -0.3 is 4.74 Å². The van der Waals surface area contributed by atoms with Crippen LogP contribution in [0.2, 0.25) is 0 Å². The maximum Gasteiger partial charge on any atom is 0.319 e. The predicted molar refractivity (Wildman–Crippen MR) is 74.7 cm³/mol. The summed E-state index contributed by atoms with van der Waals surface area (Å²) >= 11 is 0. The molecule has 0 aliphatic carbocycles. The molecular formula is C16H16FNO2. The Balaban J connectivity index is 2.24. The molecule has 4 heteroatoms. The number of nitrogens with one attached hydrogen (secondary N) is 1. The highest BCUT2D eigenvalue weighted by molar-refractivity contribution is 5.71. The molecule has 0 fully saturated rings. The standard InChI is InChI=1S/C16H16FNO2/c1-20-15(19)11-18-16(12-5-3-2-4-6-12)13-7-9-14(17)10-8-13/h2-10,16,18H,11H2,1H3. The van der Waals surface area contributed by atoms with Gasteiger partial charge in [0.1, 0.15) is 5.82 Å². The van der Waals surface area contributed by atoms with Crippen LogP contribution in [-0.4, -0.2) is 19.6 Å². The first-order chi connectivity index (χ1) is 9.70. The molecule has 1 atom stereocenters. The highest BCUT2D eigenvalue weighted by Gasteiger charge is 2.15. The van der Waals surface area contributed by atoms with E-state index in [9.17, 15) is 9.18 Å². The number of benzene rings is 2. The normalized spacial score (nSPS) is 11.9. The fourth-order valence-electron chi connectivity index (χ4n) is 1.99. The fraction of sp³-hybridized carbons (Fsp3) is 0.188. The van der Waals surface area contributed by atoms with Crippen LogP contribution in [-0.2, 0) is 9.53 Å². The molecule has 0 saturated heterocycles. The van der Waals surface area contributed by atoms with E-state index in [0.29, 0.717) is 0 Å². The number of hydrogen-bond donors (Lipinski definition) is 1. The van der Waals surface area contributed by atoms with E-state index in [4.69, 9.17) is 0 Å². The number of halogens is 1. The SMILES string of the molecule is COC(=O)CNC(c1ccccc1)c1ccc(F)cc1. The summed E-state index contributed by atoms with van der Waals surface area (Å²) < 4.78 is 17.7. The van der Waals surface area contributed by atoms with Gasteiger partial charge in [-0.25, -0.2) is 4.39 Å². The van der Waals surface area contributed by atoms with Crippen molar-refractivity contribution in [2.75, 3.05) is 13.7 Å². The number of ether oxygens (including phenoxy) is 1. The molecule has 0 radical (unpaired) electrons. The van der Waals surface area contributed by atoms with Gasteiger partial charge in [0.05, 0.1) is 19.7 Å².